The molecule has 2 atom stereocenters. The Morgan fingerprint density at radius 1 is 1.50 bits per heavy atom. The molecule has 0 saturated heterocycles. The van der Waals surface area contributed by atoms with Gasteiger partial charge < -0.3 is 10.4 Å². The van der Waals surface area contributed by atoms with Crippen LogP contribution < -0.4 is 5.32 Å². The van der Waals surface area contributed by atoms with Crippen LogP contribution in [0, 0.1) is 5.41 Å². The molecular weight excluding hydrogens is 230 g/mol. The topological polar surface area (TPSA) is 83.5 Å². The number of hydrogen-bond acceptors (Lipinski definition) is 3. The highest BCUT2D eigenvalue weighted by molar-refractivity contribution is 7.84. The molecule has 2 N–H and O–H groups in total. The van der Waals surface area contributed by atoms with Crippen LogP contribution in [0.4, 0.5) is 0 Å². The minimum absolute atomic E-state index is 0.254. The maximum atomic E-state index is 11.8. The molecule has 5 nitrogen and oxygen atoms in total. The van der Waals surface area contributed by atoms with Crippen LogP contribution in [-0.4, -0.2) is 39.2 Å². The molecule has 0 radical (unpaired) electrons. The van der Waals surface area contributed by atoms with Gasteiger partial charge in [-0.1, -0.05) is 6.42 Å². The number of carboxylic acids is 1. The van der Waals surface area contributed by atoms with Gasteiger partial charge in [0.2, 0.25) is 5.91 Å². The van der Waals surface area contributed by atoms with Crippen LogP contribution in [0.2, 0.25) is 0 Å². The van der Waals surface area contributed by atoms with Crippen molar-refractivity contribution in [3.05, 3.63) is 0 Å². The Bertz CT molecular complexity index is 325. The molecule has 1 fully saturated rings. The normalized spacial score (nSPS) is 21.6. The quantitative estimate of drug-likeness (QED) is 0.676. The molecule has 1 amide bonds. The molecule has 1 saturated carbocycles. The maximum absolute atomic E-state index is 11.8. The molecule has 0 aromatic carbocycles. The smallest absolute Gasteiger partial charge is 0.319 e. The fourth-order valence-corrected chi connectivity index (χ4v) is 2.61. The van der Waals surface area contributed by atoms with Crippen LogP contribution in [0.15, 0.2) is 0 Å². The van der Waals surface area contributed by atoms with Crippen molar-refractivity contribution >= 4 is 22.7 Å². The number of nitrogens with one attached hydrogen (secondary N) is 1. The minimum Gasteiger partial charge on any atom is -0.480 e. The lowest BCUT2D eigenvalue weighted by atomic mass is 9.68. The lowest BCUT2D eigenvalue weighted by molar-refractivity contribution is -0.162. The Morgan fingerprint density at radius 3 is 2.38 bits per heavy atom. The van der Waals surface area contributed by atoms with E-state index in [1.165, 1.54) is 0 Å². The van der Waals surface area contributed by atoms with Crippen molar-refractivity contribution < 1.29 is 18.9 Å². The standard InChI is InChI=1S/C10H17NO4S/c1-7(6-16(2)15)11-8(12)10(9(13)14)4-3-5-10/h7H,3-6H2,1-2H3,(H,11,12)(H,13,14). The van der Waals surface area contributed by atoms with E-state index in [-0.39, 0.29) is 6.04 Å². The predicted octanol–water partition coefficient (Wildman–Crippen LogP) is 0.124. The number of amides is 1. The molecule has 6 heteroatoms. The summed E-state index contributed by atoms with van der Waals surface area (Å²) in [6.07, 6.45) is 3.12. The zero-order valence-electron chi connectivity index (χ0n) is 9.49. The summed E-state index contributed by atoms with van der Waals surface area (Å²) in [7, 11) is -0.996. The van der Waals surface area contributed by atoms with Crippen molar-refractivity contribution in [3.63, 3.8) is 0 Å². The monoisotopic (exact) mass is 247 g/mol. The van der Waals surface area contributed by atoms with E-state index in [0.29, 0.717) is 18.6 Å². The molecule has 0 bridgehead atoms. The maximum Gasteiger partial charge on any atom is 0.319 e. The average Bonchev–Trinajstić information content (AvgIpc) is 1.97. The zero-order valence-corrected chi connectivity index (χ0v) is 10.3. The zero-order chi connectivity index (χ0) is 12.3. The summed E-state index contributed by atoms with van der Waals surface area (Å²) in [4.78, 5) is 22.8. The largest absolute Gasteiger partial charge is 0.480 e. The summed E-state index contributed by atoms with van der Waals surface area (Å²) in [5, 5.41) is 11.7. The van der Waals surface area contributed by atoms with Crippen LogP contribution in [0.3, 0.4) is 0 Å². The Hall–Kier alpha value is -0.910. The first-order valence-corrected chi connectivity index (χ1v) is 6.95. The lowest BCUT2D eigenvalue weighted by Gasteiger charge is -2.36. The number of carbonyl (C=O) groups excluding carboxylic acids is 1. The molecule has 2 unspecified atom stereocenters. The molecule has 16 heavy (non-hydrogen) atoms. The number of carbonyl (C=O) groups is 2. The van der Waals surface area contributed by atoms with Crippen LogP contribution >= 0.6 is 0 Å². The number of aliphatic carboxylic acids is 1. The van der Waals surface area contributed by atoms with Gasteiger partial charge in [-0.25, -0.2) is 0 Å². The molecule has 0 aromatic rings. The molecular formula is C10H17NO4S. The van der Waals surface area contributed by atoms with E-state index in [0.717, 1.165) is 6.42 Å². The van der Waals surface area contributed by atoms with E-state index in [9.17, 15) is 13.8 Å². The van der Waals surface area contributed by atoms with Crippen LogP contribution in [0.25, 0.3) is 0 Å². The first-order chi connectivity index (χ1) is 7.38. The second-order valence-electron chi connectivity index (χ2n) is 4.36. The number of hydrogen-bond donors (Lipinski definition) is 2. The van der Waals surface area contributed by atoms with E-state index in [2.05, 4.69) is 5.32 Å². The second kappa shape index (κ2) is 4.95. The molecule has 1 rings (SSSR count). The van der Waals surface area contributed by atoms with E-state index in [1.54, 1.807) is 13.2 Å². The molecule has 0 aromatic heterocycles. The molecule has 0 spiro atoms. The average molecular weight is 247 g/mol. The summed E-state index contributed by atoms with van der Waals surface area (Å²) in [5.41, 5.74) is -1.23. The number of carboxylic acid groups (broad SMARTS) is 1. The molecule has 1 aliphatic carbocycles. The number of rotatable bonds is 5. The van der Waals surface area contributed by atoms with Gasteiger partial charge in [0, 0.05) is 28.9 Å². The molecule has 0 aliphatic heterocycles. The third kappa shape index (κ3) is 2.61. The summed E-state index contributed by atoms with van der Waals surface area (Å²) in [6.45, 7) is 1.73. The Morgan fingerprint density at radius 2 is 2.06 bits per heavy atom. The van der Waals surface area contributed by atoms with Gasteiger partial charge in [0.15, 0.2) is 0 Å². The van der Waals surface area contributed by atoms with E-state index in [4.69, 9.17) is 5.11 Å². The fraction of sp³-hybridized carbons (Fsp3) is 0.800. The summed E-state index contributed by atoms with van der Waals surface area (Å²) < 4.78 is 10.9. The van der Waals surface area contributed by atoms with Gasteiger partial charge in [0.1, 0.15) is 5.41 Å². The predicted molar refractivity (Wildman–Crippen MR) is 60.5 cm³/mol. The van der Waals surface area contributed by atoms with Gasteiger partial charge in [-0.2, -0.15) is 0 Å². The van der Waals surface area contributed by atoms with Crippen molar-refractivity contribution in [2.75, 3.05) is 12.0 Å². The summed E-state index contributed by atoms with van der Waals surface area (Å²) >= 11 is 0. The fourth-order valence-electron chi connectivity index (χ4n) is 1.82. The molecule has 92 valence electrons. The van der Waals surface area contributed by atoms with Crippen LogP contribution in [0.1, 0.15) is 26.2 Å². The van der Waals surface area contributed by atoms with Gasteiger partial charge in [0.25, 0.3) is 0 Å². The van der Waals surface area contributed by atoms with E-state index >= 15 is 0 Å². The molecule has 1 aliphatic rings. The lowest BCUT2D eigenvalue weighted by Crippen LogP contribution is -2.53. The summed E-state index contributed by atoms with van der Waals surface area (Å²) in [6, 6.07) is -0.254. The second-order valence-corrected chi connectivity index (χ2v) is 5.83. The van der Waals surface area contributed by atoms with Gasteiger partial charge in [0.05, 0.1) is 0 Å². The van der Waals surface area contributed by atoms with Gasteiger partial charge in [-0.3, -0.25) is 13.8 Å². The van der Waals surface area contributed by atoms with Crippen molar-refractivity contribution in [2.24, 2.45) is 5.41 Å². The third-order valence-electron chi connectivity index (χ3n) is 2.91. The first-order valence-electron chi connectivity index (χ1n) is 5.23. The SMILES string of the molecule is CC(CS(C)=O)NC(=O)C1(C(=O)O)CCC1. The third-order valence-corrected chi connectivity index (χ3v) is 3.88. The van der Waals surface area contributed by atoms with Gasteiger partial charge >= 0.3 is 5.97 Å². The Kier molecular flexibility index (Phi) is 4.07. The van der Waals surface area contributed by atoms with Crippen LogP contribution in [-0.2, 0) is 20.4 Å². The van der Waals surface area contributed by atoms with Crippen molar-refractivity contribution in [3.8, 4) is 0 Å². The van der Waals surface area contributed by atoms with Crippen molar-refractivity contribution in [1.82, 2.24) is 5.32 Å². The van der Waals surface area contributed by atoms with E-state index in [1.807, 2.05) is 0 Å². The van der Waals surface area contributed by atoms with Crippen LogP contribution in [0.5, 0.6) is 0 Å². The van der Waals surface area contributed by atoms with Crippen molar-refractivity contribution in [2.45, 2.75) is 32.2 Å². The highest BCUT2D eigenvalue weighted by Crippen LogP contribution is 2.41. The Labute approximate surface area is 97.1 Å². The highest BCUT2D eigenvalue weighted by Gasteiger charge is 2.51. The van der Waals surface area contributed by atoms with Crippen molar-refractivity contribution in [1.29, 1.82) is 0 Å². The Balaban J connectivity index is 2.57. The van der Waals surface area contributed by atoms with Gasteiger partial charge in [-0.05, 0) is 19.8 Å². The highest BCUT2D eigenvalue weighted by atomic mass is 32.2. The van der Waals surface area contributed by atoms with Gasteiger partial charge in [-0.15, -0.1) is 0 Å². The first kappa shape index (κ1) is 13.2. The summed E-state index contributed by atoms with van der Waals surface area (Å²) in [5.74, 6) is -1.15. The molecule has 0 heterocycles. The minimum atomic E-state index is -1.23. The van der Waals surface area contributed by atoms with E-state index < -0.39 is 28.1 Å².